The third kappa shape index (κ3) is 3.32. The molecule has 0 aliphatic rings. The average Bonchev–Trinajstić information content (AvgIpc) is 2.48. The number of amides is 1. The first-order valence-corrected chi connectivity index (χ1v) is 6.10. The Morgan fingerprint density at radius 1 is 1.10 bits per heavy atom. The van der Waals surface area contributed by atoms with E-state index in [4.69, 9.17) is 0 Å². The quantitative estimate of drug-likeness (QED) is 0.901. The van der Waals surface area contributed by atoms with Crippen molar-refractivity contribution in [3.63, 3.8) is 0 Å². The minimum atomic E-state index is -0.544. The number of nitrogens with one attached hydrogen (secondary N) is 2. The maximum absolute atomic E-state index is 13.4. The standard InChI is InChI=1S/C15H14F2N2O/c1-18-13-5-2-10(3-6-13)15(20)19-9-11-8-12(16)4-7-14(11)17/h2-8,18H,9H2,1H3,(H,19,20). The minimum Gasteiger partial charge on any atom is -0.388 e. The molecular weight excluding hydrogens is 262 g/mol. The van der Waals surface area contributed by atoms with E-state index in [1.54, 1.807) is 31.3 Å². The summed E-state index contributed by atoms with van der Waals surface area (Å²) in [5.41, 5.74) is 1.46. The third-order valence-electron chi connectivity index (χ3n) is 2.88. The molecule has 0 aromatic heterocycles. The van der Waals surface area contributed by atoms with Crippen LogP contribution < -0.4 is 10.6 Å². The smallest absolute Gasteiger partial charge is 0.251 e. The van der Waals surface area contributed by atoms with Gasteiger partial charge >= 0.3 is 0 Å². The van der Waals surface area contributed by atoms with Crippen LogP contribution in [0.3, 0.4) is 0 Å². The fraction of sp³-hybridized carbons (Fsp3) is 0.133. The molecule has 0 heterocycles. The summed E-state index contributed by atoms with van der Waals surface area (Å²) >= 11 is 0. The highest BCUT2D eigenvalue weighted by atomic mass is 19.1. The van der Waals surface area contributed by atoms with E-state index in [1.165, 1.54) is 0 Å². The molecule has 0 aliphatic heterocycles. The zero-order valence-corrected chi connectivity index (χ0v) is 10.9. The molecule has 2 rings (SSSR count). The van der Waals surface area contributed by atoms with Crippen LogP contribution in [0.5, 0.6) is 0 Å². The summed E-state index contributed by atoms with van der Waals surface area (Å²) in [6.45, 7) is -0.0593. The monoisotopic (exact) mass is 276 g/mol. The Kier molecular flexibility index (Phi) is 4.30. The number of benzene rings is 2. The van der Waals surface area contributed by atoms with E-state index in [0.717, 1.165) is 23.9 Å². The minimum absolute atomic E-state index is 0.0593. The Morgan fingerprint density at radius 2 is 1.80 bits per heavy atom. The van der Waals surface area contributed by atoms with Gasteiger partial charge in [0.2, 0.25) is 0 Å². The lowest BCUT2D eigenvalue weighted by Gasteiger charge is -2.07. The van der Waals surface area contributed by atoms with Crippen LogP contribution in [0.15, 0.2) is 42.5 Å². The van der Waals surface area contributed by atoms with Gasteiger partial charge in [0.25, 0.3) is 5.91 Å². The summed E-state index contributed by atoms with van der Waals surface area (Å²) in [5, 5.41) is 5.50. The average molecular weight is 276 g/mol. The van der Waals surface area contributed by atoms with Crippen molar-refractivity contribution in [1.29, 1.82) is 0 Å². The van der Waals surface area contributed by atoms with Crippen molar-refractivity contribution in [2.45, 2.75) is 6.54 Å². The normalized spacial score (nSPS) is 10.2. The topological polar surface area (TPSA) is 41.1 Å². The largest absolute Gasteiger partial charge is 0.388 e. The number of rotatable bonds is 4. The lowest BCUT2D eigenvalue weighted by atomic mass is 10.1. The van der Waals surface area contributed by atoms with Crippen molar-refractivity contribution in [3.8, 4) is 0 Å². The van der Waals surface area contributed by atoms with Crippen LogP contribution >= 0.6 is 0 Å². The van der Waals surface area contributed by atoms with Gasteiger partial charge < -0.3 is 10.6 Å². The number of hydrogen-bond acceptors (Lipinski definition) is 2. The summed E-state index contributed by atoms with van der Waals surface area (Å²) in [7, 11) is 1.78. The molecule has 0 atom stereocenters. The molecule has 0 aliphatic carbocycles. The SMILES string of the molecule is CNc1ccc(C(=O)NCc2cc(F)ccc2F)cc1. The highest BCUT2D eigenvalue weighted by molar-refractivity contribution is 5.94. The lowest BCUT2D eigenvalue weighted by Crippen LogP contribution is -2.23. The fourth-order valence-corrected chi connectivity index (χ4v) is 1.74. The number of hydrogen-bond donors (Lipinski definition) is 2. The van der Waals surface area contributed by atoms with E-state index < -0.39 is 11.6 Å². The first-order chi connectivity index (χ1) is 9.60. The highest BCUT2D eigenvalue weighted by Gasteiger charge is 2.08. The van der Waals surface area contributed by atoms with Gasteiger partial charge in [0, 0.05) is 30.4 Å². The van der Waals surface area contributed by atoms with Crippen molar-refractivity contribution in [1.82, 2.24) is 5.32 Å². The highest BCUT2D eigenvalue weighted by Crippen LogP contribution is 2.11. The Balaban J connectivity index is 2.02. The second-order valence-electron chi connectivity index (χ2n) is 4.25. The van der Waals surface area contributed by atoms with Gasteiger partial charge in [-0.25, -0.2) is 8.78 Å². The number of halogens is 2. The van der Waals surface area contributed by atoms with Gasteiger partial charge in [-0.15, -0.1) is 0 Å². The zero-order chi connectivity index (χ0) is 14.5. The van der Waals surface area contributed by atoms with E-state index in [2.05, 4.69) is 10.6 Å². The lowest BCUT2D eigenvalue weighted by molar-refractivity contribution is 0.0950. The van der Waals surface area contributed by atoms with Gasteiger partial charge in [0.05, 0.1) is 0 Å². The van der Waals surface area contributed by atoms with Gasteiger partial charge in [-0.3, -0.25) is 4.79 Å². The van der Waals surface area contributed by atoms with Crippen molar-refractivity contribution in [3.05, 3.63) is 65.2 Å². The van der Waals surface area contributed by atoms with Crippen molar-refractivity contribution >= 4 is 11.6 Å². The Labute approximate surface area is 115 Å². The number of carbonyl (C=O) groups is 1. The van der Waals surface area contributed by atoms with Crippen molar-refractivity contribution in [2.24, 2.45) is 0 Å². The maximum Gasteiger partial charge on any atom is 0.251 e. The molecule has 0 unspecified atom stereocenters. The van der Waals surface area contributed by atoms with Crippen LogP contribution in [0.2, 0.25) is 0 Å². The van der Waals surface area contributed by atoms with Gasteiger partial charge in [-0.1, -0.05) is 0 Å². The third-order valence-corrected chi connectivity index (χ3v) is 2.88. The number of carbonyl (C=O) groups excluding carboxylic acids is 1. The van der Waals surface area contributed by atoms with Gasteiger partial charge in [-0.05, 0) is 42.5 Å². The summed E-state index contributed by atoms with van der Waals surface area (Å²) in [6.07, 6.45) is 0. The predicted molar refractivity (Wildman–Crippen MR) is 73.5 cm³/mol. The molecule has 3 nitrogen and oxygen atoms in total. The predicted octanol–water partition coefficient (Wildman–Crippen LogP) is 2.94. The second kappa shape index (κ2) is 6.14. The molecule has 2 aromatic carbocycles. The van der Waals surface area contributed by atoms with Gasteiger partial charge in [0.1, 0.15) is 11.6 Å². The molecule has 104 valence electrons. The first-order valence-electron chi connectivity index (χ1n) is 6.10. The molecule has 2 aromatic rings. The van der Waals surface area contributed by atoms with Crippen LogP contribution in [0, 0.1) is 11.6 Å². The molecule has 0 spiro atoms. The molecular formula is C15H14F2N2O. The van der Waals surface area contributed by atoms with E-state index >= 15 is 0 Å². The Morgan fingerprint density at radius 3 is 2.45 bits per heavy atom. The van der Waals surface area contributed by atoms with E-state index in [1.807, 2.05) is 0 Å². The zero-order valence-electron chi connectivity index (χ0n) is 10.9. The summed E-state index contributed by atoms with van der Waals surface area (Å²) < 4.78 is 26.4. The van der Waals surface area contributed by atoms with E-state index in [-0.39, 0.29) is 18.0 Å². The van der Waals surface area contributed by atoms with Crippen LogP contribution in [-0.4, -0.2) is 13.0 Å². The van der Waals surface area contributed by atoms with Crippen molar-refractivity contribution < 1.29 is 13.6 Å². The number of anilines is 1. The molecule has 0 bridgehead atoms. The molecule has 0 saturated heterocycles. The molecule has 0 saturated carbocycles. The molecule has 2 N–H and O–H groups in total. The molecule has 1 amide bonds. The molecule has 0 radical (unpaired) electrons. The van der Waals surface area contributed by atoms with Crippen LogP contribution in [0.4, 0.5) is 14.5 Å². The molecule has 5 heteroatoms. The first kappa shape index (κ1) is 14.0. The fourth-order valence-electron chi connectivity index (χ4n) is 1.74. The Bertz CT molecular complexity index is 612. The Hall–Kier alpha value is -2.43. The van der Waals surface area contributed by atoms with Crippen molar-refractivity contribution in [2.75, 3.05) is 12.4 Å². The second-order valence-corrected chi connectivity index (χ2v) is 4.25. The molecule has 0 fully saturated rings. The maximum atomic E-state index is 13.4. The summed E-state index contributed by atoms with van der Waals surface area (Å²) in [4.78, 5) is 11.9. The summed E-state index contributed by atoms with van der Waals surface area (Å²) in [6, 6.07) is 9.98. The van der Waals surface area contributed by atoms with E-state index in [9.17, 15) is 13.6 Å². The van der Waals surface area contributed by atoms with Crippen LogP contribution in [0.25, 0.3) is 0 Å². The van der Waals surface area contributed by atoms with Gasteiger partial charge in [-0.2, -0.15) is 0 Å². The summed E-state index contributed by atoms with van der Waals surface area (Å²) in [5.74, 6) is -1.41. The van der Waals surface area contributed by atoms with Gasteiger partial charge in [0.15, 0.2) is 0 Å². The van der Waals surface area contributed by atoms with E-state index in [0.29, 0.717) is 5.56 Å². The van der Waals surface area contributed by atoms with Crippen LogP contribution in [-0.2, 0) is 6.54 Å². The molecule has 20 heavy (non-hydrogen) atoms. The van der Waals surface area contributed by atoms with Crippen LogP contribution in [0.1, 0.15) is 15.9 Å².